The van der Waals surface area contributed by atoms with Gasteiger partial charge in [0.15, 0.2) is 0 Å². The SMILES string of the molecule is CC1CCNC(C2CCC3(CC3)C2=O)C1. The van der Waals surface area contributed by atoms with Crippen molar-refractivity contribution in [3.63, 3.8) is 0 Å². The molecule has 2 aliphatic carbocycles. The number of piperidine rings is 1. The van der Waals surface area contributed by atoms with Gasteiger partial charge in [-0.15, -0.1) is 0 Å². The fraction of sp³-hybridized carbons (Fsp3) is 0.923. The highest BCUT2D eigenvalue weighted by Crippen LogP contribution is 2.57. The van der Waals surface area contributed by atoms with Gasteiger partial charge in [-0.1, -0.05) is 6.92 Å². The minimum absolute atomic E-state index is 0.188. The van der Waals surface area contributed by atoms with Crippen LogP contribution in [0.15, 0.2) is 0 Å². The molecule has 0 aromatic carbocycles. The normalized spacial score (nSPS) is 43.5. The lowest BCUT2D eigenvalue weighted by atomic mass is 9.84. The zero-order chi connectivity index (χ0) is 10.5. The van der Waals surface area contributed by atoms with Crippen LogP contribution >= 0.6 is 0 Å². The Kier molecular flexibility index (Phi) is 2.17. The van der Waals surface area contributed by atoms with Crippen LogP contribution in [0.3, 0.4) is 0 Å². The second kappa shape index (κ2) is 3.31. The molecule has 2 nitrogen and oxygen atoms in total. The van der Waals surface area contributed by atoms with Crippen molar-refractivity contribution in [3.8, 4) is 0 Å². The summed E-state index contributed by atoms with van der Waals surface area (Å²) in [6, 6.07) is 0.501. The first-order chi connectivity index (χ1) is 7.21. The number of hydrogen-bond acceptors (Lipinski definition) is 2. The van der Waals surface area contributed by atoms with Crippen LogP contribution in [0.4, 0.5) is 0 Å². The largest absolute Gasteiger partial charge is 0.313 e. The molecule has 0 aromatic heterocycles. The van der Waals surface area contributed by atoms with E-state index in [9.17, 15) is 4.79 Å². The zero-order valence-corrected chi connectivity index (χ0v) is 9.59. The van der Waals surface area contributed by atoms with Gasteiger partial charge in [0.25, 0.3) is 0 Å². The van der Waals surface area contributed by atoms with Crippen LogP contribution < -0.4 is 5.32 Å². The number of carbonyl (C=O) groups excluding carboxylic acids is 1. The summed E-state index contributed by atoms with van der Waals surface area (Å²) in [6.45, 7) is 3.43. The van der Waals surface area contributed by atoms with Gasteiger partial charge in [0.05, 0.1) is 0 Å². The lowest BCUT2D eigenvalue weighted by molar-refractivity contribution is -0.126. The Morgan fingerprint density at radius 1 is 1.27 bits per heavy atom. The molecular weight excluding hydrogens is 186 g/mol. The van der Waals surface area contributed by atoms with Gasteiger partial charge in [-0.3, -0.25) is 4.79 Å². The summed E-state index contributed by atoms with van der Waals surface area (Å²) < 4.78 is 0. The molecular formula is C13H21NO. The molecule has 3 rings (SSSR count). The van der Waals surface area contributed by atoms with E-state index in [0.29, 0.717) is 17.7 Å². The quantitative estimate of drug-likeness (QED) is 0.713. The smallest absolute Gasteiger partial charge is 0.143 e. The van der Waals surface area contributed by atoms with Crippen LogP contribution in [0.25, 0.3) is 0 Å². The fourth-order valence-corrected chi connectivity index (χ4v) is 3.57. The third kappa shape index (κ3) is 1.54. The first-order valence-electron chi connectivity index (χ1n) is 6.49. The minimum Gasteiger partial charge on any atom is -0.313 e. The van der Waals surface area contributed by atoms with Crippen molar-refractivity contribution >= 4 is 5.78 Å². The second-order valence-corrected chi connectivity index (χ2v) is 5.98. The highest BCUT2D eigenvalue weighted by Gasteiger charge is 2.57. The summed E-state index contributed by atoms with van der Waals surface area (Å²) >= 11 is 0. The number of carbonyl (C=O) groups is 1. The van der Waals surface area contributed by atoms with E-state index >= 15 is 0 Å². The molecule has 3 atom stereocenters. The molecule has 84 valence electrons. The summed E-state index contributed by atoms with van der Waals surface area (Å²) in [6.07, 6.45) is 7.20. The highest BCUT2D eigenvalue weighted by atomic mass is 16.1. The predicted octanol–water partition coefficient (Wildman–Crippen LogP) is 2.13. The molecule has 2 heteroatoms. The summed E-state index contributed by atoms with van der Waals surface area (Å²) in [5.41, 5.74) is 0.188. The number of ketones is 1. The molecule has 3 fully saturated rings. The van der Waals surface area contributed by atoms with Crippen LogP contribution in [-0.2, 0) is 4.79 Å². The first-order valence-corrected chi connectivity index (χ1v) is 6.49. The van der Waals surface area contributed by atoms with Crippen molar-refractivity contribution in [2.24, 2.45) is 17.3 Å². The van der Waals surface area contributed by atoms with Gasteiger partial charge >= 0.3 is 0 Å². The van der Waals surface area contributed by atoms with Crippen LogP contribution in [0.5, 0.6) is 0 Å². The molecule has 1 spiro atoms. The summed E-state index contributed by atoms with van der Waals surface area (Å²) in [5.74, 6) is 1.77. The zero-order valence-electron chi connectivity index (χ0n) is 9.59. The average molecular weight is 207 g/mol. The van der Waals surface area contributed by atoms with E-state index in [4.69, 9.17) is 0 Å². The van der Waals surface area contributed by atoms with Gasteiger partial charge < -0.3 is 5.32 Å². The monoisotopic (exact) mass is 207 g/mol. The number of Topliss-reactive ketones (excluding diaryl/α,β-unsaturated/α-hetero) is 1. The molecule has 1 saturated heterocycles. The highest BCUT2D eigenvalue weighted by molar-refractivity contribution is 5.92. The van der Waals surface area contributed by atoms with E-state index in [0.717, 1.165) is 18.9 Å². The molecule has 15 heavy (non-hydrogen) atoms. The Morgan fingerprint density at radius 2 is 2.07 bits per heavy atom. The fourth-order valence-electron chi connectivity index (χ4n) is 3.57. The molecule has 0 radical (unpaired) electrons. The molecule has 0 amide bonds. The summed E-state index contributed by atoms with van der Waals surface area (Å²) in [5, 5.41) is 3.57. The maximum atomic E-state index is 12.3. The molecule has 0 aromatic rings. The Hall–Kier alpha value is -0.370. The first kappa shape index (κ1) is 9.83. The lowest BCUT2D eigenvalue weighted by Gasteiger charge is -2.31. The molecule has 1 heterocycles. The van der Waals surface area contributed by atoms with E-state index in [2.05, 4.69) is 12.2 Å². The van der Waals surface area contributed by atoms with Crippen molar-refractivity contribution in [1.82, 2.24) is 5.32 Å². The van der Waals surface area contributed by atoms with Crippen molar-refractivity contribution in [2.45, 2.75) is 51.5 Å². The van der Waals surface area contributed by atoms with Crippen molar-refractivity contribution < 1.29 is 4.79 Å². The van der Waals surface area contributed by atoms with Gasteiger partial charge in [-0.2, -0.15) is 0 Å². The summed E-state index contributed by atoms with van der Waals surface area (Å²) in [7, 11) is 0. The molecule has 3 aliphatic rings. The molecule has 1 aliphatic heterocycles. The maximum Gasteiger partial charge on any atom is 0.143 e. The van der Waals surface area contributed by atoms with Gasteiger partial charge in [-0.05, 0) is 51.0 Å². The minimum atomic E-state index is 0.188. The average Bonchev–Trinajstić information content (AvgIpc) is 2.92. The lowest BCUT2D eigenvalue weighted by Crippen LogP contribution is -2.44. The molecule has 3 unspecified atom stereocenters. The van der Waals surface area contributed by atoms with Crippen molar-refractivity contribution in [1.29, 1.82) is 0 Å². The van der Waals surface area contributed by atoms with Crippen LogP contribution in [0.1, 0.15) is 45.4 Å². The van der Waals surface area contributed by atoms with Crippen LogP contribution in [0, 0.1) is 17.3 Å². The van der Waals surface area contributed by atoms with E-state index in [-0.39, 0.29) is 5.41 Å². The number of rotatable bonds is 1. The van der Waals surface area contributed by atoms with Crippen LogP contribution in [-0.4, -0.2) is 18.4 Å². The van der Waals surface area contributed by atoms with Gasteiger partial charge in [-0.25, -0.2) is 0 Å². The van der Waals surface area contributed by atoms with Gasteiger partial charge in [0.1, 0.15) is 5.78 Å². The van der Waals surface area contributed by atoms with E-state index in [1.54, 1.807) is 0 Å². The van der Waals surface area contributed by atoms with E-state index < -0.39 is 0 Å². The third-order valence-electron chi connectivity index (χ3n) is 4.83. The third-order valence-corrected chi connectivity index (χ3v) is 4.83. The summed E-state index contributed by atoms with van der Waals surface area (Å²) in [4.78, 5) is 12.3. The Bertz CT molecular complexity index is 282. The van der Waals surface area contributed by atoms with Crippen molar-refractivity contribution in [2.75, 3.05) is 6.54 Å². The Labute approximate surface area is 91.8 Å². The number of nitrogens with one attached hydrogen (secondary N) is 1. The topological polar surface area (TPSA) is 29.1 Å². The standard InChI is InChI=1S/C13H21NO/c1-9-3-7-14-11(8-9)10-2-4-13(5-6-13)12(10)15/h9-11,14H,2-8H2,1H3. The maximum absolute atomic E-state index is 12.3. The molecule has 0 bridgehead atoms. The van der Waals surface area contributed by atoms with E-state index in [1.165, 1.54) is 32.1 Å². The van der Waals surface area contributed by atoms with E-state index in [1.807, 2.05) is 0 Å². The Morgan fingerprint density at radius 3 is 2.67 bits per heavy atom. The second-order valence-electron chi connectivity index (χ2n) is 5.98. The van der Waals surface area contributed by atoms with Crippen molar-refractivity contribution in [3.05, 3.63) is 0 Å². The van der Waals surface area contributed by atoms with Gasteiger partial charge in [0, 0.05) is 17.4 Å². The van der Waals surface area contributed by atoms with Gasteiger partial charge in [0.2, 0.25) is 0 Å². The predicted molar refractivity (Wildman–Crippen MR) is 59.6 cm³/mol. The number of hydrogen-bond donors (Lipinski definition) is 1. The molecule has 2 saturated carbocycles. The Balaban J connectivity index is 1.69. The van der Waals surface area contributed by atoms with Crippen LogP contribution in [0.2, 0.25) is 0 Å². The molecule has 1 N–H and O–H groups in total.